The molecule has 0 aromatic rings. The van der Waals surface area contributed by atoms with E-state index in [9.17, 15) is 8.42 Å². The Bertz CT molecular complexity index is 281. The van der Waals surface area contributed by atoms with Gasteiger partial charge in [0.25, 0.3) is 10.2 Å². The second-order valence-electron chi connectivity index (χ2n) is 2.85. The molecule has 0 aliphatic rings. The lowest BCUT2D eigenvalue weighted by Crippen LogP contribution is -2.57. The summed E-state index contributed by atoms with van der Waals surface area (Å²) in [6.45, 7) is 3.48. The van der Waals surface area contributed by atoms with Gasteiger partial charge in [0, 0.05) is 0 Å². The molecular weight excluding hydrogens is 192 g/mol. The fraction of sp³-hybridized carbons (Fsp3) is 0.833. The van der Waals surface area contributed by atoms with Gasteiger partial charge in [-0.2, -0.15) is 13.1 Å². The Morgan fingerprint density at radius 2 is 1.85 bits per heavy atom. The van der Waals surface area contributed by atoms with E-state index >= 15 is 0 Å². The molecule has 0 spiro atoms. The SMILES string of the molecule is CCC(CC)(NS(N)(=O)=O)C(=N)N. The molecule has 0 aliphatic heterocycles. The maximum atomic E-state index is 10.8. The van der Waals surface area contributed by atoms with Crippen molar-refractivity contribution in [1.82, 2.24) is 4.72 Å². The van der Waals surface area contributed by atoms with Crippen molar-refractivity contribution in [1.29, 1.82) is 5.41 Å². The molecule has 0 aromatic carbocycles. The monoisotopic (exact) mass is 208 g/mol. The van der Waals surface area contributed by atoms with Crippen LogP contribution in [0.2, 0.25) is 0 Å². The first-order chi connectivity index (χ1) is 5.77. The summed E-state index contributed by atoms with van der Waals surface area (Å²) >= 11 is 0. The van der Waals surface area contributed by atoms with Crippen molar-refractivity contribution >= 4 is 16.0 Å². The van der Waals surface area contributed by atoms with Gasteiger partial charge in [-0.1, -0.05) is 13.8 Å². The van der Waals surface area contributed by atoms with Gasteiger partial charge in [-0.25, -0.2) is 5.14 Å². The smallest absolute Gasteiger partial charge is 0.275 e. The molecule has 0 amide bonds. The Hall–Kier alpha value is -0.660. The highest BCUT2D eigenvalue weighted by molar-refractivity contribution is 7.87. The molecule has 0 saturated carbocycles. The third-order valence-electron chi connectivity index (χ3n) is 2.06. The van der Waals surface area contributed by atoms with Crippen LogP contribution in [0.3, 0.4) is 0 Å². The zero-order valence-electron chi connectivity index (χ0n) is 7.79. The van der Waals surface area contributed by atoms with E-state index in [1.807, 2.05) is 0 Å². The van der Waals surface area contributed by atoms with Crippen molar-refractivity contribution in [2.45, 2.75) is 32.2 Å². The maximum absolute atomic E-state index is 10.8. The van der Waals surface area contributed by atoms with E-state index in [1.165, 1.54) is 0 Å². The first-order valence-electron chi connectivity index (χ1n) is 3.93. The molecule has 0 atom stereocenters. The number of hydrogen-bond acceptors (Lipinski definition) is 3. The lowest BCUT2D eigenvalue weighted by Gasteiger charge is -2.29. The quantitative estimate of drug-likeness (QED) is 0.352. The third kappa shape index (κ3) is 3.29. The summed E-state index contributed by atoms with van der Waals surface area (Å²) in [5.74, 6) is -0.216. The van der Waals surface area contributed by atoms with Crippen LogP contribution < -0.4 is 15.6 Å². The summed E-state index contributed by atoms with van der Waals surface area (Å²) in [5.41, 5.74) is 4.27. The average Bonchev–Trinajstić information content (AvgIpc) is 1.98. The van der Waals surface area contributed by atoms with Crippen LogP contribution in [0.15, 0.2) is 0 Å². The molecule has 0 rings (SSSR count). The molecule has 6 nitrogen and oxygen atoms in total. The van der Waals surface area contributed by atoms with E-state index in [2.05, 4.69) is 4.72 Å². The van der Waals surface area contributed by atoms with Crippen LogP contribution in [0.25, 0.3) is 0 Å². The molecule has 0 fully saturated rings. The zero-order valence-corrected chi connectivity index (χ0v) is 8.61. The maximum Gasteiger partial charge on any atom is 0.275 e. The fourth-order valence-electron chi connectivity index (χ4n) is 1.10. The van der Waals surface area contributed by atoms with Gasteiger partial charge >= 0.3 is 0 Å². The highest BCUT2D eigenvalue weighted by Gasteiger charge is 2.33. The third-order valence-corrected chi connectivity index (χ3v) is 2.74. The normalized spacial score (nSPS) is 12.8. The van der Waals surface area contributed by atoms with Crippen molar-refractivity contribution < 1.29 is 8.42 Å². The molecule has 0 saturated heterocycles. The van der Waals surface area contributed by atoms with E-state index in [-0.39, 0.29) is 5.84 Å². The number of nitrogens with two attached hydrogens (primary N) is 2. The first-order valence-corrected chi connectivity index (χ1v) is 5.48. The van der Waals surface area contributed by atoms with E-state index in [4.69, 9.17) is 16.3 Å². The molecular formula is C6H16N4O2S. The van der Waals surface area contributed by atoms with Gasteiger partial charge in [0.15, 0.2) is 0 Å². The molecule has 13 heavy (non-hydrogen) atoms. The summed E-state index contributed by atoms with van der Waals surface area (Å²) in [6, 6.07) is 0. The Kier molecular flexibility index (Phi) is 3.83. The topological polar surface area (TPSA) is 122 Å². The van der Waals surface area contributed by atoms with E-state index in [1.54, 1.807) is 13.8 Å². The van der Waals surface area contributed by atoms with Gasteiger partial charge in [-0.05, 0) is 12.8 Å². The number of rotatable bonds is 5. The molecule has 0 aliphatic carbocycles. The van der Waals surface area contributed by atoms with Gasteiger partial charge in [0.2, 0.25) is 0 Å². The molecule has 0 unspecified atom stereocenters. The predicted molar refractivity (Wildman–Crippen MR) is 51.5 cm³/mol. The molecule has 78 valence electrons. The lowest BCUT2D eigenvalue weighted by molar-refractivity contribution is 0.459. The number of hydrogen-bond donors (Lipinski definition) is 4. The highest BCUT2D eigenvalue weighted by atomic mass is 32.2. The molecule has 0 bridgehead atoms. The number of nitrogens with one attached hydrogen (secondary N) is 2. The highest BCUT2D eigenvalue weighted by Crippen LogP contribution is 2.14. The minimum atomic E-state index is -3.82. The van der Waals surface area contributed by atoms with Gasteiger partial charge in [0.1, 0.15) is 5.84 Å². The molecule has 7 heteroatoms. The zero-order chi connectivity index (χ0) is 10.7. The van der Waals surface area contributed by atoms with Crippen molar-refractivity contribution in [3.8, 4) is 0 Å². The summed E-state index contributed by atoms with van der Waals surface area (Å²) in [7, 11) is -3.82. The standard InChI is InChI=1S/C6H16N4O2S/c1-3-6(4-2,5(7)8)10-13(9,11)12/h10H,3-4H2,1-2H3,(H3,7,8)(H2,9,11,12). The van der Waals surface area contributed by atoms with Crippen LogP contribution in [0.5, 0.6) is 0 Å². The summed E-state index contributed by atoms with van der Waals surface area (Å²) in [4.78, 5) is 0. The first kappa shape index (κ1) is 12.3. The predicted octanol–water partition coefficient (Wildman–Crippen LogP) is -0.726. The van der Waals surface area contributed by atoms with Crippen molar-refractivity contribution in [2.75, 3.05) is 0 Å². The van der Waals surface area contributed by atoms with Crippen molar-refractivity contribution in [3.63, 3.8) is 0 Å². The summed E-state index contributed by atoms with van der Waals surface area (Å²) < 4.78 is 23.7. The Morgan fingerprint density at radius 1 is 1.46 bits per heavy atom. The van der Waals surface area contributed by atoms with Crippen molar-refractivity contribution in [2.24, 2.45) is 10.9 Å². The molecule has 0 radical (unpaired) electrons. The van der Waals surface area contributed by atoms with E-state index < -0.39 is 15.7 Å². The Balaban J connectivity index is 4.90. The molecule has 6 N–H and O–H groups in total. The van der Waals surface area contributed by atoms with Crippen LogP contribution in [-0.4, -0.2) is 19.8 Å². The van der Waals surface area contributed by atoms with Crippen LogP contribution in [-0.2, 0) is 10.2 Å². The molecule has 0 aromatic heterocycles. The van der Waals surface area contributed by atoms with Gasteiger partial charge in [0.05, 0.1) is 5.54 Å². The van der Waals surface area contributed by atoms with Gasteiger partial charge in [-0.3, -0.25) is 5.41 Å². The van der Waals surface area contributed by atoms with E-state index in [0.717, 1.165) is 0 Å². The van der Waals surface area contributed by atoms with Crippen LogP contribution in [0.4, 0.5) is 0 Å². The molecule has 0 heterocycles. The Morgan fingerprint density at radius 3 is 1.92 bits per heavy atom. The average molecular weight is 208 g/mol. The van der Waals surface area contributed by atoms with Gasteiger partial charge < -0.3 is 5.73 Å². The number of amidine groups is 1. The summed E-state index contributed by atoms with van der Waals surface area (Å²) in [5, 5.41) is 12.1. The largest absolute Gasteiger partial charge is 0.386 e. The minimum absolute atomic E-state index is 0.216. The van der Waals surface area contributed by atoms with Crippen molar-refractivity contribution in [3.05, 3.63) is 0 Å². The second kappa shape index (κ2) is 4.03. The van der Waals surface area contributed by atoms with Crippen LogP contribution in [0, 0.1) is 5.41 Å². The van der Waals surface area contributed by atoms with Gasteiger partial charge in [-0.15, -0.1) is 0 Å². The van der Waals surface area contributed by atoms with Crippen LogP contribution >= 0.6 is 0 Å². The minimum Gasteiger partial charge on any atom is -0.386 e. The van der Waals surface area contributed by atoms with E-state index in [0.29, 0.717) is 12.8 Å². The summed E-state index contributed by atoms with van der Waals surface area (Å²) in [6.07, 6.45) is 0.796. The fourth-order valence-corrected chi connectivity index (χ4v) is 2.05. The second-order valence-corrected chi connectivity index (χ2v) is 4.14. The lowest BCUT2D eigenvalue weighted by atomic mass is 9.93. The Labute approximate surface area is 78.4 Å². The van der Waals surface area contributed by atoms with Crippen LogP contribution in [0.1, 0.15) is 26.7 Å².